The molecule has 7 heteroatoms. The van der Waals surface area contributed by atoms with Crippen molar-refractivity contribution >= 4 is 12.2 Å². The zero-order chi connectivity index (χ0) is 20.2. The molecule has 1 atom stereocenters. The van der Waals surface area contributed by atoms with Gasteiger partial charge in [0.1, 0.15) is 12.2 Å². The number of likely N-dealkylation sites (tertiary alicyclic amines) is 1. The molecule has 3 rings (SSSR count). The van der Waals surface area contributed by atoms with Crippen molar-refractivity contribution < 1.29 is 23.8 Å². The molecule has 2 aliphatic heterocycles. The average Bonchev–Trinajstić information content (AvgIpc) is 3.01. The summed E-state index contributed by atoms with van der Waals surface area (Å²) in [7, 11) is 0. The summed E-state index contributed by atoms with van der Waals surface area (Å²) in [6.45, 7) is 7.44. The molecule has 0 aliphatic carbocycles. The Morgan fingerprint density at radius 2 is 1.89 bits per heavy atom. The fourth-order valence-corrected chi connectivity index (χ4v) is 3.67. The third-order valence-electron chi connectivity index (χ3n) is 5.07. The Hall–Kier alpha value is -2.28. The summed E-state index contributed by atoms with van der Waals surface area (Å²) in [5, 5.41) is 2.89. The van der Waals surface area contributed by atoms with E-state index in [9.17, 15) is 9.59 Å². The van der Waals surface area contributed by atoms with Crippen molar-refractivity contribution in [1.29, 1.82) is 0 Å². The van der Waals surface area contributed by atoms with Crippen LogP contribution in [0.3, 0.4) is 0 Å². The number of carbonyl (C=O) groups is 2. The van der Waals surface area contributed by atoms with Gasteiger partial charge in [-0.1, -0.05) is 30.3 Å². The van der Waals surface area contributed by atoms with E-state index in [1.165, 1.54) is 0 Å². The fourth-order valence-electron chi connectivity index (χ4n) is 3.67. The van der Waals surface area contributed by atoms with E-state index >= 15 is 0 Å². The van der Waals surface area contributed by atoms with Crippen LogP contribution in [-0.4, -0.2) is 54.0 Å². The molecule has 1 N–H and O–H groups in total. The van der Waals surface area contributed by atoms with Crippen molar-refractivity contribution in [3.8, 4) is 0 Å². The minimum absolute atomic E-state index is 0.0635. The fraction of sp³-hybridized carbons (Fsp3) is 0.619. The molecule has 0 saturated carbocycles. The Balaban J connectivity index is 1.42. The Kier molecular flexibility index (Phi) is 6.13. The van der Waals surface area contributed by atoms with Crippen molar-refractivity contribution in [2.24, 2.45) is 0 Å². The molecule has 2 amide bonds. The number of ether oxygens (including phenoxy) is 3. The molecule has 1 unspecified atom stereocenters. The third-order valence-corrected chi connectivity index (χ3v) is 5.07. The lowest BCUT2D eigenvalue weighted by atomic mass is 9.87. The lowest BCUT2D eigenvalue weighted by Gasteiger charge is -2.38. The number of alkyl carbamates (subject to hydrolysis) is 1. The molecular formula is C21H30N2O5. The molecule has 28 heavy (non-hydrogen) atoms. The van der Waals surface area contributed by atoms with Crippen LogP contribution < -0.4 is 5.32 Å². The van der Waals surface area contributed by atoms with Crippen molar-refractivity contribution in [3.63, 3.8) is 0 Å². The molecular weight excluding hydrogens is 360 g/mol. The van der Waals surface area contributed by atoms with Crippen LogP contribution in [0.1, 0.15) is 45.6 Å². The standard InChI is InChI=1S/C21H30N2O5/c1-20(2,3)28-18(24)22-17-13-21(27-15-17)9-11-23(12-10-21)19(25)26-14-16-7-5-4-6-8-16/h4-8,17H,9-15H2,1-3H3,(H,22,24). The van der Waals surface area contributed by atoms with E-state index in [2.05, 4.69) is 5.32 Å². The first kappa shape index (κ1) is 20.5. The van der Waals surface area contributed by atoms with E-state index in [4.69, 9.17) is 14.2 Å². The molecule has 2 aliphatic rings. The Morgan fingerprint density at radius 3 is 2.54 bits per heavy atom. The van der Waals surface area contributed by atoms with Crippen LogP contribution in [0.15, 0.2) is 30.3 Å². The number of amides is 2. The molecule has 2 heterocycles. The number of nitrogens with one attached hydrogen (secondary N) is 1. The topological polar surface area (TPSA) is 77.1 Å². The van der Waals surface area contributed by atoms with Gasteiger partial charge >= 0.3 is 12.2 Å². The first-order valence-corrected chi connectivity index (χ1v) is 9.84. The van der Waals surface area contributed by atoms with E-state index in [-0.39, 0.29) is 24.3 Å². The zero-order valence-electron chi connectivity index (χ0n) is 16.9. The quantitative estimate of drug-likeness (QED) is 0.855. The Bertz CT molecular complexity index is 678. The van der Waals surface area contributed by atoms with Gasteiger partial charge in [-0.15, -0.1) is 0 Å². The predicted molar refractivity (Wildman–Crippen MR) is 104 cm³/mol. The minimum Gasteiger partial charge on any atom is -0.445 e. The lowest BCUT2D eigenvalue weighted by Crippen LogP contribution is -2.47. The largest absolute Gasteiger partial charge is 0.445 e. The van der Waals surface area contributed by atoms with Gasteiger partial charge in [0.25, 0.3) is 0 Å². The second-order valence-electron chi connectivity index (χ2n) is 8.57. The van der Waals surface area contributed by atoms with Gasteiger partial charge in [-0.25, -0.2) is 9.59 Å². The monoisotopic (exact) mass is 390 g/mol. The van der Waals surface area contributed by atoms with Gasteiger partial charge in [0.05, 0.1) is 18.2 Å². The number of rotatable bonds is 3. The van der Waals surface area contributed by atoms with Crippen LogP contribution in [0.25, 0.3) is 0 Å². The maximum absolute atomic E-state index is 12.3. The highest BCUT2D eigenvalue weighted by Crippen LogP contribution is 2.36. The Morgan fingerprint density at radius 1 is 1.21 bits per heavy atom. The number of piperidine rings is 1. The highest BCUT2D eigenvalue weighted by Gasteiger charge is 2.44. The predicted octanol–water partition coefficient (Wildman–Crippen LogP) is 3.47. The molecule has 0 radical (unpaired) electrons. The molecule has 2 fully saturated rings. The van der Waals surface area contributed by atoms with Gasteiger partial charge in [-0.05, 0) is 45.6 Å². The summed E-state index contributed by atoms with van der Waals surface area (Å²) >= 11 is 0. The average molecular weight is 390 g/mol. The second-order valence-corrected chi connectivity index (χ2v) is 8.57. The third kappa shape index (κ3) is 5.61. The Labute approximate surface area is 166 Å². The van der Waals surface area contributed by atoms with Crippen LogP contribution in [0.4, 0.5) is 9.59 Å². The first-order chi connectivity index (χ1) is 13.2. The molecule has 1 spiro atoms. The molecule has 2 saturated heterocycles. The molecule has 7 nitrogen and oxygen atoms in total. The van der Waals surface area contributed by atoms with Crippen LogP contribution in [-0.2, 0) is 20.8 Å². The maximum Gasteiger partial charge on any atom is 0.410 e. The highest BCUT2D eigenvalue weighted by atomic mass is 16.6. The number of benzene rings is 1. The summed E-state index contributed by atoms with van der Waals surface area (Å²) < 4.78 is 16.8. The maximum atomic E-state index is 12.3. The van der Waals surface area contributed by atoms with Gasteiger partial charge in [-0.3, -0.25) is 0 Å². The summed E-state index contributed by atoms with van der Waals surface area (Å²) in [6, 6.07) is 9.58. The highest BCUT2D eigenvalue weighted by molar-refractivity contribution is 5.68. The van der Waals surface area contributed by atoms with E-state index in [1.807, 2.05) is 51.1 Å². The normalized spacial score (nSPS) is 21.4. The molecule has 154 valence electrons. The van der Waals surface area contributed by atoms with Crippen LogP contribution in [0.2, 0.25) is 0 Å². The van der Waals surface area contributed by atoms with Gasteiger partial charge in [0.2, 0.25) is 0 Å². The van der Waals surface area contributed by atoms with E-state index in [0.29, 0.717) is 19.7 Å². The molecule has 1 aromatic rings. The second kappa shape index (κ2) is 8.39. The first-order valence-electron chi connectivity index (χ1n) is 9.84. The summed E-state index contributed by atoms with van der Waals surface area (Å²) in [6.07, 6.45) is 1.50. The van der Waals surface area contributed by atoms with Gasteiger partial charge < -0.3 is 24.4 Å². The molecule has 1 aromatic carbocycles. The van der Waals surface area contributed by atoms with Crippen molar-refractivity contribution in [3.05, 3.63) is 35.9 Å². The summed E-state index contributed by atoms with van der Waals surface area (Å²) in [5.41, 5.74) is 0.169. The lowest BCUT2D eigenvalue weighted by molar-refractivity contribution is -0.0423. The van der Waals surface area contributed by atoms with Gasteiger partial charge in [0.15, 0.2) is 0 Å². The number of nitrogens with zero attached hydrogens (tertiary/aromatic N) is 1. The number of carbonyl (C=O) groups excluding carboxylic acids is 2. The van der Waals surface area contributed by atoms with Gasteiger partial charge in [0, 0.05) is 13.1 Å². The van der Waals surface area contributed by atoms with E-state index < -0.39 is 11.7 Å². The van der Waals surface area contributed by atoms with Crippen molar-refractivity contribution in [2.45, 2.75) is 63.9 Å². The SMILES string of the molecule is CC(C)(C)OC(=O)NC1COC2(CCN(C(=O)OCc3ccccc3)CC2)C1. The van der Waals surface area contributed by atoms with Crippen molar-refractivity contribution in [1.82, 2.24) is 10.2 Å². The van der Waals surface area contributed by atoms with E-state index in [0.717, 1.165) is 24.8 Å². The molecule has 0 aromatic heterocycles. The molecule has 0 bridgehead atoms. The smallest absolute Gasteiger partial charge is 0.410 e. The van der Waals surface area contributed by atoms with Gasteiger partial charge in [-0.2, -0.15) is 0 Å². The zero-order valence-corrected chi connectivity index (χ0v) is 16.9. The van der Waals surface area contributed by atoms with Crippen LogP contribution in [0.5, 0.6) is 0 Å². The minimum atomic E-state index is -0.521. The summed E-state index contributed by atoms with van der Waals surface area (Å²) in [5.74, 6) is 0. The summed E-state index contributed by atoms with van der Waals surface area (Å²) in [4.78, 5) is 26.0. The van der Waals surface area contributed by atoms with Crippen LogP contribution >= 0.6 is 0 Å². The van der Waals surface area contributed by atoms with Crippen LogP contribution in [0, 0.1) is 0 Å². The van der Waals surface area contributed by atoms with E-state index in [1.54, 1.807) is 4.90 Å². The van der Waals surface area contributed by atoms with Crippen molar-refractivity contribution in [2.75, 3.05) is 19.7 Å². The number of hydrogen-bond donors (Lipinski definition) is 1. The number of hydrogen-bond acceptors (Lipinski definition) is 5.